The van der Waals surface area contributed by atoms with E-state index < -0.39 is 0 Å². The van der Waals surface area contributed by atoms with E-state index in [2.05, 4.69) is 32.5 Å². The van der Waals surface area contributed by atoms with Gasteiger partial charge in [0.25, 0.3) is 0 Å². The van der Waals surface area contributed by atoms with E-state index >= 15 is 0 Å². The quantitative estimate of drug-likeness (QED) is 0.745. The fraction of sp³-hybridized carbons (Fsp3) is 0.214. The molecule has 0 fully saturated rings. The van der Waals surface area contributed by atoms with E-state index in [0.29, 0.717) is 6.54 Å². The molecule has 0 saturated carbocycles. The molecule has 20 heavy (non-hydrogen) atoms. The normalized spacial score (nSPS) is 10.7. The van der Waals surface area contributed by atoms with E-state index in [-0.39, 0.29) is 0 Å². The van der Waals surface area contributed by atoms with Crippen LogP contribution in [0.2, 0.25) is 0 Å². The summed E-state index contributed by atoms with van der Waals surface area (Å²) in [7, 11) is 0. The van der Waals surface area contributed by atoms with Gasteiger partial charge in [0.05, 0.1) is 23.8 Å². The molecule has 0 aliphatic rings. The number of nitrogens with one attached hydrogen (secondary N) is 2. The SMILES string of the molecule is CCn1cc(NCc2cn[nH]c2-c2cccnc2)cn1. The molecule has 0 bridgehead atoms. The lowest BCUT2D eigenvalue weighted by molar-refractivity contribution is 0.660. The van der Waals surface area contributed by atoms with Crippen molar-refractivity contribution in [3.8, 4) is 11.3 Å². The molecule has 0 aliphatic heterocycles. The van der Waals surface area contributed by atoms with Crippen molar-refractivity contribution >= 4 is 5.69 Å². The second-order valence-electron chi connectivity index (χ2n) is 4.45. The Hall–Kier alpha value is -2.63. The van der Waals surface area contributed by atoms with Crippen LogP contribution < -0.4 is 5.32 Å². The number of pyridine rings is 1. The van der Waals surface area contributed by atoms with E-state index in [1.54, 1.807) is 6.20 Å². The Morgan fingerprint density at radius 1 is 1.30 bits per heavy atom. The lowest BCUT2D eigenvalue weighted by Crippen LogP contribution is -1.99. The number of H-pyrrole nitrogens is 1. The van der Waals surface area contributed by atoms with Gasteiger partial charge in [-0.2, -0.15) is 10.2 Å². The van der Waals surface area contributed by atoms with E-state index in [0.717, 1.165) is 29.1 Å². The first kappa shape index (κ1) is 12.4. The van der Waals surface area contributed by atoms with Gasteiger partial charge in [-0.15, -0.1) is 0 Å². The number of nitrogens with zero attached hydrogens (tertiary/aromatic N) is 4. The molecule has 0 radical (unpaired) electrons. The summed E-state index contributed by atoms with van der Waals surface area (Å²) in [6.07, 6.45) is 9.24. The minimum Gasteiger partial charge on any atom is -0.378 e. The van der Waals surface area contributed by atoms with Crippen LogP contribution in [-0.4, -0.2) is 25.0 Å². The van der Waals surface area contributed by atoms with Gasteiger partial charge in [0.2, 0.25) is 0 Å². The molecule has 3 rings (SSSR count). The molecule has 6 heteroatoms. The molecule has 0 aliphatic carbocycles. The van der Waals surface area contributed by atoms with Crippen LogP contribution in [0.3, 0.4) is 0 Å². The number of aromatic amines is 1. The highest BCUT2D eigenvalue weighted by molar-refractivity contribution is 5.61. The molecule has 0 atom stereocenters. The second kappa shape index (κ2) is 5.56. The summed E-state index contributed by atoms with van der Waals surface area (Å²) in [4.78, 5) is 4.13. The third-order valence-corrected chi connectivity index (χ3v) is 3.11. The Balaban J connectivity index is 1.74. The number of hydrogen-bond donors (Lipinski definition) is 2. The largest absolute Gasteiger partial charge is 0.378 e. The fourth-order valence-electron chi connectivity index (χ4n) is 2.03. The van der Waals surface area contributed by atoms with Crippen molar-refractivity contribution in [3.05, 3.63) is 48.7 Å². The van der Waals surface area contributed by atoms with Crippen molar-refractivity contribution in [2.75, 3.05) is 5.32 Å². The maximum absolute atomic E-state index is 4.24. The summed E-state index contributed by atoms with van der Waals surface area (Å²) in [6, 6.07) is 3.93. The Kier molecular flexibility index (Phi) is 3.45. The van der Waals surface area contributed by atoms with Gasteiger partial charge < -0.3 is 5.32 Å². The zero-order valence-corrected chi connectivity index (χ0v) is 11.2. The van der Waals surface area contributed by atoms with Crippen molar-refractivity contribution in [1.82, 2.24) is 25.0 Å². The number of anilines is 1. The van der Waals surface area contributed by atoms with Crippen molar-refractivity contribution in [3.63, 3.8) is 0 Å². The van der Waals surface area contributed by atoms with Crippen molar-refractivity contribution in [1.29, 1.82) is 0 Å². The van der Waals surface area contributed by atoms with Gasteiger partial charge in [0, 0.05) is 42.8 Å². The molecule has 102 valence electrons. The maximum atomic E-state index is 4.24. The minimum absolute atomic E-state index is 0.691. The summed E-state index contributed by atoms with van der Waals surface area (Å²) in [5.41, 5.74) is 4.13. The molecular formula is C14H16N6. The second-order valence-corrected chi connectivity index (χ2v) is 4.45. The lowest BCUT2D eigenvalue weighted by atomic mass is 10.1. The standard InChI is InChI=1S/C14H16N6/c1-2-20-10-13(9-18-20)16-7-12-8-17-19-14(12)11-4-3-5-15-6-11/h3-6,8-10,16H,2,7H2,1H3,(H,17,19). The Labute approximate surface area is 116 Å². The molecule has 0 spiro atoms. The van der Waals surface area contributed by atoms with Gasteiger partial charge >= 0.3 is 0 Å². The predicted octanol–water partition coefficient (Wildman–Crippen LogP) is 2.30. The average molecular weight is 268 g/mol. The zero-order chi connectivity index (χ0) is 13.8. The highest BCUT2D eigenvalue weighted by Crippen LogP contribution is 2.20. The molecule has 0 aromatic carbocycles. The molecule has 6 nitrogen and oxygen atoms in total. The van der Waals surface area contributed by atoms with Crippen LogP contribution in [-0.2, 0) is 13.1 Å². The number of aryl methyl sites for hydroxylation is 1. The van der Waals surface area contributed by atoms with Crippen LogP contribution in [0.25, 0.3) is 11.3 Å². The van der Waals surface area contributed by atoms with Crippen LogP contribution in [0.1, 0.15) is 12.5 Å². The zero-order valence-electron chi connectivity index (χ0n) is 11.2. The maximum Gasteiger partial charge on any atom is 0.0729 e. The molecule has 3 aromatic heterocycles. The third kappa shape index (κ3) is 2.54. The van der Waals surface area contributed by atoms with E-state index in [1.807, 2.05) is 41.6 Å². The van der Waals surface area contributed by atoms with Gasteiger partial charge in [-0.25, -0.2) is 0 Å². The Bertz CT molecular complexity index is 670. The molecule has 2 N–H and O–H groups in total. The number of rotatable bonds is 5. The van der Waals surface area contributed by atoms with E-state index in [9.17, 15) is 0 Å². The third-order valence-electron chi connectivity index (χ3n) is 3.11. The first-order valence-corrected chi connectivity index (χ1v) is 6.56. The molecule has 3 heterocycles. The number of aromatic nitrogens is 5. The summed E-state index contributed by atoms with van der Waals surface area (Å²) in [5.74, 6) is 0. The van der Waals surface area contributed by atoms with Gasteiger partial charge in [-0.3, -0.25) is 14.8 Å². The fourth-order valence-corrected chi connectivity index (χ4v) is 2.03. The molecule has 3 aromatic rings. The van der Waals surface area contributed by atoms with Gasteiger partial charge in [0.1, 0.15) is 0 Å². The lowest BCUT2D eigenvalue weighted by Gasteiger charge is -2.04. The first-order chi connectivity index (χ1) is 9.86. The van der Waals surface area contributed by atoms with E-state index in [1.165, 1.54) is 0 Å². The van der Waals surface area contributed by atoms with Gasteiger partial charge in [0.15, 0.2) is 0 Å². The smallest absolute Gasteiger partial charge is 0.0729 e. The highest BCUT2D eigenvalue weighted by Gasteiger charge is 2.07. The van der Waals surface area contributed by atoms with Crippen molar-refractivity contribution < 1.29 is 0 Å². The van der Waals surface area contributed by atoms with Crippen LogP contribution in [0, 0.1) is 0 Å². The highest BCUT2D eigenvalue weighted by atomic mass is 15.3. The van der Waals surface area contributed by atoms with Crippen LogP contribution >= 0.6 is 0 Å². The topological polar surface area (TPSA) is 71.4 Å². The van der Waals surface area contributed by atoms with E-state index in [4.69, 9.17) is 0 Å². The number of hydrogen-bond acceptors (Lipinski definition) is 4. The van der Waals surface area contributed by atoms with Crippen molar-refractivity contribution in [2.24, 2.45) is 0 Å². The Morgan fingerprint density at radius 2 is 2.25 bits per heavy atom. The average Bonchev–Trinajstić information content (AvgIpc) is 3.15. The van der Waals surface area contributed by atoms with Crippen LogP contribution in [0.15, 0.2) is 43.1 Å². The first-order valence-electron chi connectivity index (χ1n) is 6.56. The monoisotopic (exact) mass is 268 g/mol. The summed E-state index contributed by atoms with van der Waals surface area (Å²) in [6.45, 7) is 3.62. The summed E-state index contributed by atoms with van der Waals surface area (Å²) in [5, 5.41) is 14.7. The van der Waals surface area contributed by atoms with Gasteiger partial charge in [-0.05, 0) is 19.1 Å². The Morgan fingerprint density at radius 3 is 3.00 bits per heavy atom. The van der Waals surface area contributed by atoms with Gasteiger partial charge in [-0.1, -0.05) is 0 Å². The molecule has 0 saturated heterocycles. The summed E-state index contributed by atoms with van der Waals surface area (Å²) < 4.78 is 1.89. The summed E-state index contributed by atoms with van der Waals surface area (Å²) >= 11 is 0. The molecule has 0 unspecified atom stereocenters. The molecular weight excluding hydrogens is 252 g/mol. The van der Waals surface area contributed by atoms with Crippen LogP contribution in [0.4, 0.5) is 5.69 Å². The minimum atomic E-state index is 0.691. The van der Waals surface area contributed by atoms with Crippen LogP contribution in [0.5, 0.6) is 0 Å². The molecule has 0 amide bonds. The van der Waals surface area contributed by atoms with Crippen molar-refractivity contribution in [2.45, 2.75) is 20.0 Å². The predicted molar refractivity (Wildman–Crippen MR) is 77.0 cm³/mol.